The number of nitrogens with zero attached hydrogens (tertiary/aromatic N) is 3. The standard InChI is InChI=1S/C20H22FN3O4/c1-11-8-23(13-4-5-22(11)9-13)17-7-16-14(6-15(17)21)19(25)18(28-20(26)27)10-24(16)12-2-3-12/h6-7,10-13H,2-5,8-9H2,1H3,(H,26,27). The quantitative estimate of drug-likeness (QED) is 0.817. The third kappa shape index (κ3) is 2.74. The molecule has 5 rings (SSSR count). The van der Waals surface area contributed by atoms with Crippen LogP contribution in [0.25, 0.3) is 10.9 Å². The Kier molecular flexibility index (Phi) is 3.87. The number of pyridine rings is 1. The molecule has 3 heterocycles. The molecule has 2 aliphatic heterocycles. The molecule has 0 amide bonds. The number of hydrogen-bond donors (Lipinski definition) is 1. The van der Waals surface area contributed by atoms with Gasteiger partial charge in [-0.05, 0) is 38.3 Å². The first kappa shape index (κ1) is 17.5. The highest BCUT2D eigenvalue weighted by Crippen LogP contribution is 2.39. The summed E-state index contributed by atoms with van der Waals surface area (Å²) in [5, 5.41) is 9.06. The number of rotatable bonds is 3. The molecular formula is C20H22FN3O4. The molecule has 0 radical (unpaired) electrons. The lowest BCUT2D eigenvalue weighted by Gasteiger charge is -2.40. The SMILES string of the molecule is CC1CN(c2cc3c(cc2F)c(=O)c(OC(=O)O)cn3C2CC2)C2CCN1C2. The molecule has 0 spiro atoms. The zero-order valence-corrected chi connectivity index (χ0v) is 15.6. The van der Waals surface area contributed by atoms with Crippen molar-refractivity contribution in [2.45, 2.75) is 44.3 Å². The van der Waals surface area contributed by atoms with Gasteiger partial charge in [-0.25, -0.2) is 9.18 Å². The number of halogens is 1. The summed E-state index contributed by atoms with van der Waals surface area (Å²) >= 11 is 0. The van der Waals surface area contributed by atoms with E-state index in [2.05, 4.69) is 21.5 Å². The summed E-state index contributed by atoms with van der Waals surface area (Å²) in [6.07, 6.45) is 2.78. The first-order chi connectivity index (χ1) is 13.4. The Bertz CT molecular complexity index is 1030. The largest absolute Gasteiger partial charge is 0.511 e. The smallest absolute Gasteiger partial charge is 0.449 e. The Morgan fingerprint density at radius 2 is 2.00 bits per heavy atom. The Morgan fingerprint density at radius 3 is 2.71 bits per heavy atom. The molecule has 3 aliphatic rings. The van der Waals surface area contributed by atoms with Crippen molar-refractivity contribution in [1.29, 1.82) is 0 Å². The summed E-state index contributed by atoms with van der Waals surface area (Å²) < 4.78 is 21.6. The molecule has 8 heteroatoms. The molecular weight excluding hydrogens is 365 g/mol. The van der Waals surface area contributed by atoms with Crippen LogP contribution in [0.15, 0.2) is 23.1 Å². The van der Waals surface area contributed by atoms with Crippen LogP contribution in [-0.2, 0) is 0 Å². The van der Waals surface area contributed by atoms with Crippen molar-refractivity contribution in [1.82, 2.24) is 9.47 Å². The number of aromatic nitrogens is 1. The summed E-state index contributed by atoms with van der Waals surface area (Å²) in [5.41, 5.74) is 0.556. The minimum atomic E-state index is -1.55. The van der Waals surface area contributed by atoms with Gasteiger partial charge >= 0.3 is 6.16 Å². The number of fused-ring (bicyclic) bond motifs is 3. The predicted octanol–water partition coefficient (Wildman–Crippen LogP) is 2.82. The monoisotopic (exact) mass is 387 g/mol. The summed E-state index contributed by atoms with van der Waals surface area (Å²) in [5.74, 6) is -0.732. The molecule has 1 aromatic heterocycles. The molecule has 1 aromatic carbocycles. The number of ether oxygens (including phenoxy) is 1. The topological polar surface area (TPSA) is 75.0 Å². The van der Waals surface area contributed by atoms with Crippen molar-refractivity contribution < 1.29 is 19.0 Å². The second-order valence-electron chi connectivity index (χ2n) is 8.09. The lowest BCUT2D eigenvalue weighted by atomic mass is 10.1. The van der Waals surface area contributed by atoms with Gasteiger partial charge in [0.2, 0.25) is 5.43 Å². The van der Waals surface area contributed by atoms with E-state index in [1.165, 1.54) is 12.3 Å². The lowest BCUT2D eigenvalue weighted by Crippen LogP contribution is -2.51. The van der Waals surface area contributed by atoms with E-state index in [9.17, 15) is 9.59 Å². The average Bonchev–Trinajstić information content (AvgIpc) is 3.40. The maximum absolute atomic E-state index is 15.1. The highest BCUT2D eigenvalue weighted by atomic mass is 19.1. The number of carbonyl (C=O) groups is 1. The number of benzene rings is 1. The van der Waals surface area contributed by atoms with E-state index in [1.807, 2.05) is 4.57 Å². The molecule has 2 saturated heterocycles. The van der Waals surface area contributed by atoms with Gasteiger partial charge in [-0.3, -0.25) is 9.69 Å². The number of carboxylic acid groups (broad SMARTS) is 1. The maximum Gasteiger partial charge on any atom is 0.511 e. The fraction of sp³-hybridized carbons (Fsp3) is 0.500. The number of hydrogen-bond acceptors (Lipinski definition) is 5. The molecule has 148 valence electrons. The highest BCUT2D eigenvalue weighted by molar-refractivity contribution is 5.85. The van der Waals surface area contributed by atoms with Gasteiger partial charge in [0.25, 0.3) is 0 Å². The van der Waals surface area contributed by atoms with Gasteiger partial charge in [-0.1, -0.05) is 0 Å². The van der Waals surface area contributed by atoms with Gasteiger partial charge in [0, 0.05) is 37.8 Å². The second kappa shape index (κ2) is 6.20. The molecule has 2 aromatic rings. The van der Waals surface area contributed by atoms with Crippen LogP contribution < -0.4 is 15.1 Å². The van der Waals surface area contributed by atoms with Crippen molar-refractivity contribution in [3.05, 3.63) is 34.4 Å². The predicted molar refractivity (Wildman–Crippen MR) is 102 cm³/mol. The van der Waals surface area contributed by atoms with E-state index in [4.69, 9.17) is 5.11 Å². The lowest BCUT2D eigenvalue weighted by molar-refractivity contribution is 0.143. The molecule has 3 atom stereocenters. The molecule has 7 nitrogen and oxygen atoms in total. The molecule has 2 bridgehead atoms. The number of piperazine rings is 1. The van der Waals surface area contributed by atoms with E-state index in [1.54, 1.807) is 6.07 Å². The summed E-state index contributed by atoms with van der Waals surface area (Å²) in [4.78, 5) is 28.2. The normalized spacial score (nSPS) is 26.6. The summed E-state index contributed by atoms with van der Waals surface area (Å²) in [7, 11) is 0. The first-order valence-electron chi connectivity index (χ1n) is 9.72. The zero-order valence-electron chi connectivity index (χ0n) is 15.6. The third-order valence-electron chi connectivity index (χ3n) is 6.23. The molecule has 1 N–H and O–H groups in total. The van der Waals surface area contributed by atoms with E-state index in [0.717, 1.165) is 38.9 Å². The van der Waals surface area contributed by atoms with E-state index >= 15 is 4.39 Å². The summed E-state index contributed by atoms with van der Waals surface area (Å²) in [6, 6.07) is 3.81. The minimum absolute atomic E-state index is 0.157. The molecule has 28 heavy (non-hydrogen) atoms. The van der Waals surface area contributed by atoms with Crippen molar-refractivity contribution in [3.8, 4) is 5.75 Å². The zero-order chi connectivity index (χ0) is 19.6. The first-order valence-corrected chi connectivity index (χ1v) is 9.72. The second-order valence-corrected chi connectivity index (χ2v) is 8.09. The molecule has 3 unspecified atom stereocenters. The Balaban J connectivity index is 1.67. The van der Waals surface area contributed by atoms with Gasteiger partial charge < -0.3 is 19.3 Å². The van der Waals surface area contributed by atoms with Gasteiger partial charge in [-0.2, -0.15) is 0 Å². The minimum Gasteiger partial charge on any atom is -0.449 e. The van der Waals surface area contributed by atoms with Crippen LogP contribution >= 0.6 is 0 Å². The van der Waals surface area contributed by atoms with Crippen LogP contribution in [0.4, 0.5) is 14.9 Å². The van der Waals surface area contributed by atoms with Crippen molar-refractivity contribution in [3.63, 3.8) is 0 Å². The van der Waals surface area contributed by atoms with Crippen LogP contribution in [0.1, 0.15) is 32.2 Å². The van der Waals surface area contributed by atoms with Crippen LogP contribution in [-0.4, -0.2) is 52.4 Å². The third-order valence-corrected chi connectivity index (χ3v) is 6.23. The fourth-order valence-corrected chi connectivity index (χ4v) is 4.64. The maximum atomic E-state index is 15.1. The number of anilines is 1. The van der Waals surface area contributed by atoms with Crippen LogP contribution in [0.3, 0.4) is 0 Å². The fourth-order valence-electron chi connectivity index (χ4n) is 4.64. The van der Waals surface area contributed by atoms with E-state index in [-0.39, 0.29) is 23.2 Å². The van der Waals surface area contributed by atoms with Gasteiger partial charge in [0.05, 0.1) is 22.8 Å². The van der Waals surface area contributed by atoms with Crippen molar-refractivity contribution in [2.75, 3.05) is 24.5 Å². The Labute approximate surface area is 160 Å². The highest BCUT2D eigenvalue weighted by Gasteiger charge is 2.38. The van der Waals surface area contributed by atoms with E-state index < -0.39 is 17.4 Å². The molecule has 3 fully saturated rings. The summed E-state index contributed by atoms with van der Waals surface area (Å²) in [6.45, 7) is 4.86. The van der Waals surface area contributed by atoms with Crippen molar-refractivity contribution >= 4 is 22.7 Å². The molecule has 1 saturated carbocycles. The van der Waals surface area contributed by atoms with Gasteiger partial charge in [0.1, 0.15) is 5.82 Å². The van der Waals surface area contributed by atoms with Crippen LogP contribution in [0.2, 0.25) is 0 Å². The molecule has 1 aliphatic carbocycles. The average molecular weight is 387 g/mol. The van der Waals surface area contributed by atoms with Crippen molar-refractivity contribution in [2.24, 2.45) is 0 Å². The van der Waals surface area contributed by atoms with Crippen LogP contribution in [0.5, 0.6) is 5.75 Å². The van der Waals surface area contributed by atoms with E-state index in [0.29, 0.717) is 17.2 Å². The van der Waals surface area contributed by atoms with Gasteiger partial charge in [0.15, 0.2) is 5.75 Å². The van der Waals surface area contributed by atoms with Crippen LogP contribution in [0, 0.1) is 5.82 Å². The van der Waals surface area contributed by atoms with Gasteiger partial charge in [-0.15, -0.1) is 0 Å². The Hall–Kier alpha value is -2.61. The Morgan fingerprint density at radius 1 is 1.21 bits per heavy atom.